The minimum absolute atomic E-state index is 0.0325. The molecule has 8 heteroatoms. The number of aryl methyl sites for hydroxylation is 1. The van der Waals surface area contributed by atoms with Crippen LogP contribution in [0, 0.1) is 6.92 Å². The molecular weight excluding hydrogens is 303 g/mol. The molecule has 0 amide bonds. The lowest BCUT2D eigenvalue weighted by atomic mass is 10.2. The minimum atomic E-state index is -3.94. The molecule has 1 aromatic rings. The first kappa shape index (κ1) is 19.1. The molecule has 1 aromatic carbocycles. The van der Waals surface area contributed by atoms with E-state index >= 15 is 0 Å². The number of hydrogen-bond donors (Lipinski definition) is 1. The van der Waals surface area contributed by atoms with Crippen LogP contribution in [0.2, 0.25) is 0 Å². The molecule has 1 N–H and O–H groups in total. The van der Waals surface area contributed by atoms with Crippen LogP contribution in [0.25, 0.3) is 0 Å². The lowest BCUT2D eigenvalue weighted by Crippen LogP contribution is -2.07. The molecule has 0 aromatic heterocycles. The fraction of sp³-hybridized carbons (Fsp3) is 0.500. The Morgan fingerprint density at radius 2 is 1.65 bits per heavy atom. The van der Waals surface area contributed by atoms with Crippen LogP contribution in [-0.2, 0) is 23.4 Å². The van der Waals surface area contributed by atoms with Gasteiger partial charge in [-0.1, -0.05) is 48.9 Å². The lowest BCUT2D eigenvalue weighted by Gasteiger charge is -2.02. The molecule has 1 unspecified atom stereocenters. The second-order valence-electron chi connectivity index (χ2n) is 3.87. The van der Waals surface area contributed by atoms with Gasteiger partial charge in [-0.15, -0.1) is 4.89 Å². The smallest absolute Gasteiger partial charge is 0.232 e. The lowest BCUT2D eigenvalue weighted by molar-refractivity contribution is 0.121. The number of hydrogen-bond acceptors (Lipinski definition) is 5. The molecule has 1 rings (SSSR count). The Bertz CT molecular complexity index is 495. The van der Waals surface area contributed by atoms with Crippen LogP contribution in [0.1, 0.15) is 32.3 Å². The molecule has 6 nitrogen and oxygen atoms in total. The van der Waals surface area contributed by atoms with E-state index in [0.717, 1.165) is 5.56 Å². The van der Waals surface area contributed by atoms with E-state index in [2.05, 4.69) is 22.6 Å². The summed E-state index contributed by atoms with van der Waals surface area (Å²) in [5.74, 6) is 0. The van der Waals surface area contributed by atoms with Gasteiger partial charge in [0.05, 0.1) is 4.90 Å². The molecule has 0 aliphatic heterocycles. The van der Waals surface area contributed by atoms with E-state index in [1.165, 1.54) is 25.0 Å². The molecule has 0 aliphatic carbocycles. The van der Waals surface area contributed by atoms with E-state index < -0.39 is 25.2 Å². The van der Waals surface area contributed by atoms with Crippen molar-refractivity contribution in [2.45, 2.75) is 38.5 Å². The second-order valence-corrected chi connectivity index (χ2v) is 6.22. The summed E-state index contributed by atoms with van der Waals surface area (Å²) in [4.78, 5) is 8.24. The molecule has 0 aliphatic rings. The molecule has 20 heavy (non-hydrogen) atoms. The Morgan fingerprint density at radius 1 is 1.15 bits per heavy atom. The van der Waals surface area contributed by atoms with Crippen molar-refractivity contribution in [3.8, 4) is 0 Å². The average Bonchev–Trinajstić information content (AvgIpc) is 2.39. The Labute approximate surface area is 120 Å². The van der Waals surface area contributed by atoms with Crippen molar-refractivity contribution in [2.24, 2.45) is 0 Å². The van der Waals surface area contributed by atoms with Crippen molar-refractivity contribution in [1.29, 1.82) is 0 Å². The zero-order chi connectivity index (χ0) is 15.6. The highest BCUT2D eigenvalue weighted by Crippen LogP contribution is 2.17. The van der Waals surface area contributed by atoms with E-state index in [1.54, 1.807) is 12.1 Å². The van der Waals surface area contributed by atoms with Gasteiger partial charge in [-0.3, -0.25) is 0 Å². The molecule has 0 bridgehead atoms. The molecule has 1 atom stereocenters. The summed E-state index contributed by atoms with van der Waals surface area (Å²) in [5, 5.41) is 0. The third-order valence-electron chi connectivity index (χ3n) is 2.18. The fourth-order valence-corrected chi connectivity index (χ4v) is 1.90. The zero-order valence-corrected chi connectivity index (χ0v) is 13.5. The Morgan fingerprint density at radius 3 is 2.05 bits per heavy atom. The van der Waals surface area contributed by atoms with Gasteiger partial charge in [0.15, 0.2) is 0 Å². The van der Waals surface area contributed by atoms with E-state index in [0.29, 0.717) is 0 Å². The quantitative estimate of drug-likeness (QED) is 0.491. The maximum absolute atomic E-state index is 11.4. The van der Waals surface area contributed by atoms with Crippen molar-refractivity contribution in [1.82, 2.24) is 0 Å². The third-order valence-corrected chi connectivity index (χ3v) is 3.76. The summed E-state index contributed by atoms with van der Waals surface area (Å²) in [6.45, 7) is 5.39. The summed E-state index contributed by atoms with van der Waals surface area (Å²) >= 11 is 0. The van der Waals surface area contributed by atoms with Crippen LogP contribution in [0.4, 0.5) is 0 Å². The first-order valence-corrected chi connectivity index (χ1v) is 8.62. The van der Waals surface area contributed by atoms with Crippen molar-refractivity contribution < 1.29 is 26.6 Å². The van der Waals surface area contributed by atoms with Crippen LogP contribution in [0.5, 0.6) is 0 Å². The Balaban J connectivity index is 0.000000796. The SMILES string of the molecule is CCCC.Cc1ccc(S(=O)(=O)OCO[P+](=O)O)cc1. The molecule has 114 valence electrons. The van der Waals surface area contributed by atoms with Crippen molar-refractivity contribution in [3.05, 3.63) is 29.8 Å². The highest BCUT2D eigenvalue weighted by molar-refractivity contribution is 7.86. The molecule has 0 saturated carbocycles. The first-order valence-electron chi connectivity index (χ1n) is 6.08. The van der Waals surface area contributed by atoms with Gasteiger partial charge < -0.3 is 0 Å². The van der Waals surface area contributed by atoms with E-state index in [9.17, 15) is 13.0 Å². The monoisotopic (exact) mass is 323 g/mol. The fourth-order valence-electron chi connectivity index (χ4n) is 0.903. The zero-order valence-electron chi connectivity index (χ0n) is 11.8. The van der Waals surface area contributed by atoms with E-state index in [4.69, 9.17) is 4.89 Å². The standard InChI is InChI=1S/C8H9O6PS.C4H10/c1-7-2-4-8(5-3-7)16(11,12)14-6-13-15(9)10;1-3-4-2/h2-5H,6H2,1H3;3-4H2,1-2H3/p+1. The second kappa shape index (κ2) is 9.96. The summed E-state index contributed by atoms with van der Waals surface area (Å²) in [5.41, 5.74) is 0.911. The Hall–Kier alpha value is -0.850. The van der Waals surface area contributed by atoms with Gasteiger partial charge in [0, 0.05) is 4.57 Å². The predicted octanol–water partition coefficient (Wildman–Crippen LogP) is 3.13. The third kappa shape index (κ3) is 8.35. The molecular formula is C12H20O6PS+. The first-order chi connectivity index (χ1) is 9.33. The van der Waals surface area contributed by atoms with E-state index in [1.807, 2.05) is 6.92 Å². The molecule has 0 saturated heterocycles. The molecule has 0 spiro atoms. The topological polar surface area (TPSA) is 89.9 Å². The van der Waals surface area contributed by atoms with Gasteiger partial charge in [-0.2, -0.15) is 8.42 Å². The molecule has 0 heterocycles. The number of benzene rings is 1. The maximum atomic E-state index is 11.4. The summed E-state index contributed by atoms with van der Waals surface area (Å²) < 4.78 is 41.5. The average molecular weight is 323 g/mol. The van der Waals surface area contributed by atoms with Gasteiger partial charge >= 0.3 is 8.25 Å². The maximum Gasteiger partial charge on any atom is 0.697 e. The van der Waals surface area contributed by atoms with Crippen molar-refractivity contribution >= 4 is 18.4 Å². The highest BCUT2D eigenvalue weighted by Gasteiger charge is 2.19. The molecule has 0 fully saturated rings. The normalized spacial score (nSPS) is 11.5. The largest absolute Gasteiger partial charge is 0.697 e. The van der Waals surface area contributed by atoms with Gasteiger partial charge in [0.2, 0.25) is 6.79 Å². The van der Waals surface area contributed by atoms with Crippen LogP contribution >= 0.6 is 8.25 Å². The van der Waals surface area contributed by atoms with Crippen LogP contribution in [0.3, 0.4) is 0 Å². The summed E-state index contributed by atoms with van der Waals surface area (Å²) in [7, 11) is -6.80. The highest BCUT2D eigenvalue weighted by atomic mass is 32.2. The van der Waals surface area contributed by atoms with Gasteiger partial charge in [0.25, 0.3) is 10.1 Å². The summed E-state index contributed by atoms with van der Waals surface area (Å²) in [6, 6.07) is 5.99. The van der Waals surface area contributed by atoms with Crippen LogP contribution < -0.4 is 0 Å². The van der Waals surface area contributed by atoms with Gasteiger partial charge in [-0.05, 0) is 19.1 Å². The number of unbranched alkanes of at least 4 members (excludes halogenated alkanes) is 1. The van der Waals surface area contributed by atoms with Crippen molar-refractivity contribution in [2.75, 3.05) is 6.79 Å². The minimum Gasteiger partial charge on any atom is -0.232 e. The Kier molecular flexibility index (Phi) is 9.54. The van der Waals surface area contributed by atoms with Crippen LogP contribution in [-0.4, -0.2) is 20.1 Å². The van der Waals surface area contributed by atoms with Gasteiger partial charge in [0.1, 0.15) is 0 Å². The number of rotatable bonds is 6. The van der Waals surface area contributed by atoms with E-state index in [-0.39, 0.29) is 4.90 Å². The van der Waals surface area contributed by atoms with Crippen LogP contribution in [0.15, 0.2) is 29.2 Å². The molecule has 0 radical (unpaired) electrons. The van der Waals surface area contributed by atoms with Gasteiger partial charge in [-0.25, -0.2) is 4.18 Å². The van der Waals surface area contributed by atoms with Crippen molar-refractivity contribution in [3.63, 3.8) is 0 Å². The predicted molar refractivity (Wildman–Crippen MR) is 75.8 cm³/mol. The summed E-state index contributed by atoms with van der Waals surface area (Å²) in [6.07, 6.45) is 2.64.